The Bertz CT molecular complexity index is 735. The van der Waals surface area contributed by atoms with Crippen LogP contribution in [0.2, 0.25) is 0 Å². The fourth-order valence-corrected chi connectivity index (χ4v) is 2.84. The zero-order valence-corrected chi connectivity index (χ0v) is 16.8. The van der Waals surface area contributed by atoms with Crippen molar-refractivity contribution in [3.63, 3.8) is 0 Å². The molecule has 0 radical (unpaired) electrons. The Morgan fingerprint density at radius 1 is 1.32 bits per heavy atom. The molecule has 1 atom stereocenters. The van der Waals surface area contributed by atoms with Crippen molar-refractivity contribution in [3.8, 4) is 5.75 Å². The van der Waals surface area contributed by atoms with E-state index in [0.717, 1.165) is 29.1 Å². The summed E-state index contributed by atoms with van der Waals surface area (Å²) in [6.45, 7) is 1.17. The van der Waals surface area contributed by atoms with Crippen LogP contribution in [-0.4, -0.2) is 31.6 Å². The number of hydrogen-bond acceptors (Lipinski definition) is 4. The Balaban J connectivity index is 0.00000225. The Morgan fingerprint density at radius 3 is 2.92 bits per heavy atom. The van der Waals surface area contributed by atoms with E-state index in [1.165, 1.54) is 0 Å². The molecule has 2 aromatic rings. The van der Waals surface area contributed by atoms with Gasteiger partial charge in [-0.05, 0) is 12.1 Å². The molecule has 0 spiro atoms. The topological polar surface area (TPSA) is 75.8 Å². The van der Waals surface area contributed by atoms with Gasteiger partial charge in [-0.15, -0.1) is 24.0 Å². The summed E-state index contributed by atoms with van der Waals surface area (Å²) >= 11 is 0. The smallest absolute Gasteiger partial charge is 0.189 e. The highest BCUT2D eigenvalue weighted by Crippen LogP contribution is 2.31. The van der Waals surface area contributed by atoms with Crippen LogP contribution < -0.4 is 20.7 Å². The summed E-state index contributed by atoms with van der Waals surface area (Å²) < 4.78 is 5.67. The van der Waals surface area contributed by atoms with Gasteiger partial charge in [0.15, 0.2) is 5.96 Å². The molecule has 25 heavy (non-hydrogen) atoms. The van der Waals surface area contributed by atoms with Crippen molar-refractivity contribution in [2.24, 2.45) is 10.7 Å². The third-order valence-electron chi connectivity index (χ3n) is 3.99. The first-order chi connectivity index (χ1) is 11.6. The summed E-state index contributed by atoms with van der Waals surface area (Å²) in [6, 6.07) is 12.1. The molecule has 0 amide bonds. The highest BCUT2D eigenvalue weighted by Gasteiger charge is 2.21. The summed E-state index contributed by atoms with van der Waals surface area (Å²) in [7, 11) is 3.94. The zero-order chi connectivity index (χ0) is 16.9. The highest BCUT2D eigenvalue weighted by molar-refractivity contribution is 14.0. The molecule has 3 rings (SSSR count). The molecule has 1 aliphatic rings. The van der Waals surface area contributed by atoms with Crippen LogP contribution in [0.4, 0.5) is 5.82 Å². The Morgan fingerprint density at radius 2 is 2.12 bits per heavy atom. The van der Waals surface area contributed by atoms with E-state index < -0.39 is 0 Å². The van der Waals surface area contributed by atoms with Crippen molar-refractivity contribution in [2.45, 2.75) is 19.0 Å². The minimum atomic E-state index is 0. The molecule has 134 valence electrons. The first kappa shape index (κ1) is 19.3. The summed E-state index contributed by atoms with van der Waals surface area (Å²) in [5.74, 6) is 2.26. The molecule has 3 N–H and O–H groups in total. The van der Waals surface area contributed by atoms with E-state index in [9.17, 15) is 0 Å². The molecule has 2 heterocycles. The Hall–Kier alpha value is -2.03. The van der Waals surface area contributed by atoms with Crippen molar-refractivity contribution in [1.29, 1.82) is 0 Å². The number of fused-ring (bicyclic) bond motifs is 1. The maximum absolute atomic E-state index is 6.10. The van der Waals surface area contributed by atoms with Crippen molar-refractivity contribution < 1.29 is 4.74 Å². The van der Waals surface area contributed by atoms with Gasteiger partial charge in [0.1, 0.15) is 11.6 Å². The van der Waals surface area contributed by atoms with Gasteiger partial charge in [0.05, 0.1) is 19.2 Å². The molecule has 7 heteroatoms. The van der Waals surface area contributed by atoms with E-state index in [1.807, 2.05) is 49.3 Å². The van der Waals surface area contributed by atoms with Gasteiger partial charge in [-0.25, -0.2) is 9.98 Å². The molecule has 1 aromatic carbocycles. The lowest BCUT2D eigenvalue weighted by Gasteiger charge is -2.27. The quantitative estimate of drug-likeness (QED) is 0.423. The van der Waals surface area contributed by atoms with Crippen molar-refractivity contribution in [2.75, 3.05) is 25.6 Å². The molecule has 0 fully saturated rings. The Kier molecular flexibility index (Phi) is 6.86. The fourth-order valence-electron chi connectivity index (χ4n) is 2.84. The van der Waals surface area contributed by atoms with Crippen LogP contribution in [0.25, 0.3) is 0 Å². The van der Waals surface area contributed by atoms with Crippen LogP contribution in [0.1, 0.15) is 23.6 Å². The van der Waals surface area contributed by atoms with Crippen LogP contribution in [0.3, 0.4) is 0 Å². The first-order valence-electron chi connectivity index (χ1n) is 8.04. The van der Waals surface area contributed by atoms with Gasteiger partial charge in [-0.3, -0.25) is 0 Å². The number of rotatable bonds is 4. The summed E-state index contributed by atoms with van der Waals surface area (Å²) in [6.07, 6.45) is 2.65. The van der Waals surface area contributed by atoms with Crippen LogP contribution in [0, 0.1) is 0 Å². The maximum Gasteiger partial charge on any atom is 0.189 e. The number of nitrogens with two attached hydrogens (primary N) is 1. The number of hydrogen-bond donors (Lipinski definition) is 2. The molecule has 6 nitrogen and oxygen atoms in total. The molecule has 1 aliphatic heterocycles. The molecular formula is C18H24IN5O. The maximum atomic E-state index is 6.10. The lowest BCUT2D eigenvalue weighted by atomic mass is 10.0. The molecule has 0 bridgehead atoms. The van der Waals surface area contributed by atoms with Gasteiger partial charge in [0.25, 0.3) is 0 Å². The number of anilines is 1. The van der Waals surface area contributed by atoms with Gasteiger partial charge in [-0.1, -0.05) is 24.3 Å². The van der Waals surface area contributed by atoms with Gasteiger partial charge in [-0.2, -0.15) is 0 Å². The number of aromatic nitrogens is 1. The third kappa shape index (κ3) is 4.75. The number of aliphatic imine (C=N–C) groups is 1. The summed E-state index contributed by atoms with van der Waals surface area (Å²) in [4.78, 5) is 10.8. The normalized spacial score (nSPS) is 16.2. The number of guanidine groups is 1. The van der Waals surface area contributed by atoms with E-state index in [-0.39, 0.29) is 30.0 Å². The zero-order valence-electron chi connectivity index (χ0n) is 14.5. The van der Waals surface area contributed by atoms with Gasteiger partial charge >= 0.3 is 0 Å². The van der Waals surface area contributed by atoms with E-state index in [2.05, 4.69) is 21.4 Å². The predicted octanol–water partition coefficient (Wildman–Crippen LogP) is 2.69. The van der Waals surface area contributed by atoms with E-state index in [4.69, 9.17) is 10.5 Å². The Labute approximate surface area is 165 Å². The average Bonchev–Trinajstić information content (AvgIpc) is 2.60. The fraction of sp³-hybridized carbons (Fsp3) is 0.333. The molecule has 0 aliphatic carbocycles. The number of para-hydroxylation sites is 1. The van der Waals surface area contributed by atoms with E-state index >= 15 is 0 Å². The first-order valence-corrected chi connectivity index (χ1v) is 8.04. The lowest BCUT2D eigenvalue weighted by Crippen LogP contribution is -2.37. The second-order valence-electron chi connectivity index (χ2n) is 5.95. The van der Waals surface area contributed by atoms with Crippen LogP contribution in [0.5, 0.6) is 5.75 Å². The van der Waals surface area contributed by atoms with Crippen LogP contribution >= 0.6 is 24.0 Å². The predicted molar refractivity (Wildman–Crippen MR) is 112 cm³/mol. The SMILES string of the molecule is CN(C)c1ncccc1CN=C(N)NC1CCOc2ccccc21.I. The largest absolute Gasteiger partial charge is 0.493 e. The number of nitrogens with one attached hydrogen (secondary N) is 1. The number of pyridine rings is 1. The molecule has 1 unspecified atom stereocenters. The second kappa shape index (κ2) is 8.89. The van der Waals surface area contributed by atoms with Crippen LogP contribution in [-0.2, 0) is 6.54 Å². The van der Waals surface area contributed by atoms with Crippen molar-refractivity contribution >= 4 is 35.8 Å². The van der Waals surface area contributed by atoms with Crippen LogP contribution in [0.15, 0.2) is 47.6 Å². The molecule has 0 saturated carbocycles. The van der Waals surface area contributed by atoms with E-state index in [1.54, 1.807) is 6.20 Å². The van der Waals surface area contributed by atoms with E-state index in [0.29, 0.717) is 19.1 Å². The summed E-state index contributed by atoms with van der Waals surface area (Å²) in [5, 5.41) is 3.31. The minimum absolute atomic E-state index is 0. The molecular weight excluding hydrogens is 429 g/mol. The average molecular weight is 453 g/mol. The van der Waals surface area contributed by atoms with Crippen molar-refractivity contribution in [3.05, 3.63) is 53.7 Å². The second-order valence-corrected chi connectivity index (χ2v) is 5.95. The van der Waals surface area contributed by atoms with Gasteiger partial charge in [0, 0.05) is 37.8 Å². The standard InChI is InChI=1S/C18H23N5O.HI/c1-23(2)17-13(6-5-10-20-17)12-21-18(19)22-15-9-11-24-16-8-4-3-7-14(15)16;/h3-8,10,15H,9,11-12H2,1-2H3,(H3,19,21,22);1H. The number of ether oxygens (including phenoxy) is 1. The minimum Gasteiger partial charge on any atom is -0.493 e. The third-order valence-corrected chi connectivity index (χ3v) is 3.99. The highest BCUT2D eigenvalue weighted by atomic mass is 127. The molecule has 1 aromatic heterocycles. The van der Waals surface area contributed by atoms with Crippen molar-refractivity contribution in [1.82, 2.24) is 10.3 Å². The van der Waals surface area contributed by atoms with Gasteiger partial charge in [0.2, 0.25) is 0 Å². The van der Waals surface area contributed by atoms with Gasteiger partial charge < -0.3 is 20.7 Å². The monoisotopic (exact) mass is 453 g/mol. The number of benzene rings is 1. The lowest BCUT2D eigenvalue weighted by molar-refractivity contribution is 0.262. The number of nitrogens with zero attached hydrogens (tertiary/aromatic N) is 3. The number of halogens is 1. The molecule has 0 saturated heterocycles. The summed E-state index contributed by atoms with van der Waals surface area (Å²) in [5.41, 5.74) is 8.26.